The summed E-state index contributed by atoms with van der Waals surface area (Å²) in [7, 11) is -3.80. The summed E-state index contributed by atoms with van der Waals surface area (Å²) in [6, 6.07) is 10.1. The smallest absolute Gasteiger partial charge is 0.240 e. The largest absolute Gasteiger partial charge is 0.393 e. The van der Waals surface area contributed by atoms with Gasteiger partial charge in [0.2, 0.25) is 10.0 Å². The zero-order valence-corrected chi connectivity index (χ0v) is 21.1. The van der Waals surface area contributed by atoms with Crippen LogP contribution >= 0.6 is 0 Å². The number of anilines is 1. The predicted molar refractivity (Wildman–Crippen MR) is 137 cm³/mol. The Hall–Kier alpha value is -3.67. The minimum Gasteiger partial charge on any atom is -0.393 e. The molecule has 0 fully saturated rings. The molecule has 4 N–H and O–H groups in total. The lowest BCUT2D eigenvalue weighted by Gasteiger charge is -2.16. The molecule has 0 saturated carbocycles. The standard InChI is InChI=1S/C25H29N7O3S/c1-16-7-8-21(36(34,35)31-17(2)10-18(3)33)11-22(16)23-13-28-25(26)24(30-23)19-12-29-32(14-19)15-20-6-4-5-9-27-20/h4-9,11-14,17-18,31,33H,10,15H2,1-3H3,(H2,26,28). The van der Waals surface area contributed by atoms with E-state index in [1.807, 2.05) is 31.3 Å². The Kier molecular flexibility index (Phi) is 7.43. The Labute approximate surface area is 210 Å². The minimum atomic E-state index is -3.80. The molecule has 3 aromatic heterocycles. The van der Waals surface area contributed by atoms with Crippen molar-refractivity contribution in [3.05, 3.63) is 72.4 Å². The van der Waals surface area contributed by atoms with Gasteiger partial charge in [0, 0.05) is 29.6 Å². The predicted octanol–water partition coefficient (Wildman–Crippen LogP) is 2.78. The van der Waals surface area contributed by atoms with E-state index in [1.165, 1.54) is 6.20 Å². The Bertz CT molecular complexity index is 1450. The number of aromatic nitrogens is 5. The number of aryl methyl sites for hydroxylation is 1. The molecule has 188 valence electrons. The molecule has 1 aromatic carbocycles. The van der Waals surface area contributed by atoms with Crippen molar-refractivity contribution in [3.8, 4) is 22.5 Å². The minimum absolute atomic E-state index is 0.101. The van der Waals surface area contributed by atoms with Crippen molar-refractivity contribution in [2.45, 2.75) is 50.8 Å². The molecule has 0 aliphatic heterocycles. The highest BCUT2D eigenvalue weighted by atomic mass is 32.2. The number of nitrogens with one attached hydrogen (secondary N) is 1. The first-order chi connectivity index (χ1) is 17.1. The molecule has 0 radical (unpaired) electrons. The van der Waals surface area contributed by atoms with Gasteiger partial charge in [-0.25, -0.2) is 23.1 Å². The molecule has 4 rings (SSSR count). The summed E-state index contributed by atoms with van der Waals surface area (Å²) in [6.07, 6.45) is 6.42. The molecule has 36 heavy (non-hydrogen) atoms. The van der Waals surface area contributed by atoms with Gasteiger partial charge in [-0.1, -0.05) is 12.1 Å². The Morgan fingerprint density at radius 3 is 2.67 bits per heavy atom. The van der Waals surface area contributed by atoms with Gasteiger partial charge in [-0.15, -0.1) is 0 Å². The topological polar surface area (TPSA) is 149 Å². The lowest BCUT2D eigenvalue weighted by atomic mass is 10.1. The van der Waals surface area contributed by atoms with Crippen LogP contribution in [0.25, 0.3) is 22.5 Å². The van der Waals surface area contributed by atoms with Crippen LogP contribution in [0, 0.1) is 6.92 Å². The molecule has 2 unspecified atom stereocenters. The zero-order valence-electron chi connectivity index (χ0n) is 20.3. The molecule has 0 bridgehead atoms. The lowest BCUT2D eigenvalue weighted by molar-refractivity contribution is 0.175. The normalized spacial score (nSPS) is 13.4. The van der Waals surface area contributed by atoms with Crippen molar-refractivity contribution in [3.63, 3.8) is 0 Å². The van der Waals surface area contributed by atoms with Crippen molar-refractivity contribution in [1.82, 2.24) is 29.5 Å². The molecule has 0 spiro atoms. The van der Waals surface area contributed by atoms with Crippen LogP contribution in [0.1, 0.15) is 31.5 Å². The third-order valence-corrected chi connectivity index (χ3v) is 7.19. The van der Waals surface area contributed by atoms with Crippen molar-refractivity contribution in [1.29, 1.82) is 0 Å². The highest BCUT2D eigenvalue weighted by Crippen LogP contribution is 2.29. The van der Waals surface area contributed by atoms with Gasteiger partial charge in [-0.05, 0) is 57.0 Å². The summed E-state index contributed by atoms with van der Waals surface area (Å²) >= 11 is 0. The zero-order chi connectivity index (χ0) is 25.9. The van der Waals surface area contributed by atoms with Crippen LogP contribution in [-0.2, 0) is 16.6 Å². The summed E-state index contributed by atoms with van der Waals surface area (Å²) in [5.41, 5.74) is 10.1. The summed E-state index contributed by atoms with van der Waals surface area (Å²) < 4.78 is 30.2. The Morgan fingerprint density at radius 1 is 1.14 bits per heavy atom. The SMILES string of the molecule is Cc1ccc(S(=O)(=O)NC(C)CC(C)O)cc1-c1cnc(N)c(-c2cnn(Cc3ccccn3)c2)n1. The molecule has 0 amide bonds. The van der Waals surface area contributed by atoms with Crippen molar-refractivity contribution >= 4 is 15.8 Å². The first-order valence-corrected chi connectivity index (χ1v) is 13.0. The summed E-state index contributed by atoms with van der Waals surface area (Å²) in [6.45, 7) is 5.70. The summed E-state index contributed by atoms with van der Waals surface area (Å²) in [5.74, 6) is 0.242. The summed E-state index contributed by atoms with van der Waals surface area (Å²) in [4.78, 5) is 13.4. The third-order valence-electron chi connectivity index (χ3n) is 5.60. The monoisotopic (exact) mass is 507 g/mol. The quantitative estimate of drug-likeness (QED) is 0.313. The van der Waals surface area contributed by atoms with E-state index < -0.39 is 22.2 Å². The van der Waals surface area contributed by atoms with Gasteiger partial charge in [0.15, 0.2) is 0 Å². The number of nitrogens with two attached hydrogens (primary N) is 1. The molecule has 4 aromatic rings. The van der Waals surface area contributed by atoms with Crippen molar-refractivity contribution in [2.24, 2.45) is 0 Å². The number of hydrogen-bond donors (Lipinski definition) is 3. The number of nitrogens with zero attached hydrogens (tertiary/aromatic N) is 5. The molecule has 2 atom stereocenters. The van der Waals surface area contributed by atoms with Gasteiger partial charge in [0.1, 0.15) is 11.5 Å². The van der Waals surface area contributed by atoms with Crippen LogP contribution in [0.4, 0.5) is 5.82 Å². The number of benzene rings is 1. The Morgan fingerprint density at radius 2 is 1.94 bits per heavy atom. The highest BCUT2D eigenvalue weighted by molar-refractivity contribution is 7.89. The van der Waals surface area contributed by atoms with Gasteiger partial charge in [0.05, 0.1) is 41.3 Å². The first-order valence-electron chi connectivity index (χ1n) is 11.5. The van der Waals surface area contributed by atoms with E-state index in [1.54, 1.807) is 49.1 Å². The van der Waals surface area contributed by atoms with Crippen LogP contribution in [0.2, 0.25) is 0 Å². The van der Waals surface area contributed by atoms with E-state index in [9.17, 15) is 13.5 Å². The van der Waals surface area contributed by atoms with Crippen molar-refractivity contribution in [2.75, 3.05) is 5.73 Å². The van der Waals surface area contributed by atoms with Gasteiger partial charge in [-0.3, -0.25) is 9.67 Å². The molecular formula is C25H29N7O3S. The fraction of sp³-hybridized carbons (Fsp3) is 0.280. The molecular weight excluding hydrogens is 478 g/mol. The Balaban J connectivity index is 1.64. The maximum absolute atomic E-state index is 12.9. The first kappa shape index (κ1) is 25.4. The van der Waals surface area contributed by atoms with Crippen LogP contribution in [0.5, 0.6) is 0 Å². The van der Waals surface area contributed by atoms with Gasteiger partial charge >= 0.3 is 0 Å². The second-order valence-electron chi connectivity index (χ2n) is 8.82. The number of pyridine rings is 1. The number of nitrogen functional groups attached to an aromatic ring is 1. The number of sulfonamides is 1. The fourth-order valence-electron chi connectivity index (χ4n) is 3.91. The molecule has 0 aliphatic rings. The van der Waals surface area contributed by atoms with E-state index in [2.05, 4.69) is 19.8 Å². The van der Waals surface area contributed by atoms with Crippen LogP contribution < -0.4 is 10.5 Å². The van der Waals surface area contributed by atoms with Crippen LogP contribution in [0.15, 0.2) is 66.1 Å². The average molecular weight is 508 g/mol. The number of rotatable bonds is 9. The average Bonchev–Trinajstić information content (AvgIpc) is 3.27. The fourth-order valence-corrected chi connectivity index (χ4v) is 5.19. The van der Waals surface area contributed by atoms with Crippen molar-refractivity contribution < 1.29 is 13.5 Å². The van der Waals surface area contributed by atoms with Gasteiger partial charge in [-0.2, -0.15) is 5.10 Å². The molecule has 0 saturated heterocycles. The third kappa shape index (κ3) is 5.93. The number of aliphatic hydroxyl groups excluding tert-OH is 1. The highest BCUT2D eigenvalue weighted by Gasteiger charge is 2.21. The van der Waals surface area contributed by atoms with E-state index in [-0.39, 0.29) is 10.7 Å². The van der Waals surface area contributed by atoms with E-state index in [0.717, 1.165) is 11.3 Å². The summed E-state index contributed by atoms with van der Waals surface area (Å²) in [5, 5.41) is 14.0. The van der Waals surface area contributed by atoms with E-state index >= 15 is 0 Å². The maximum atomic E-state index is 12.9. The molecule has 11 heteroatoms. The van der Waals surface area contributed by atoms with E-state index in [0.29, 0.717) is 35.5 Å². The second kappa shape index (κ2) is 10.5. The van der Waals surface area contributed by atoms with Crippen LogP contribution in [-0.4, -0.2) is 50.4 Å². The molecule has 3 heterocycles. The number of hydrogen-bond acceptors (Lipinski definition) is 8. The lowest BCUT2D eigenvalue weighted by Crippen LogP contribution is -2.34. The van der Waals surface area contributed by atoms with E-state index in [4.69, 9.17) is 10.7 Å². The maximum Gasteiger partial charge on any atom is 0.240 e. The number of aliphatic hydroxyl groups is 1. The van der Waals surface area contributed by atoms with Gasteiger partial charge in [0.25, 0.3) is 0 Å². The molecule has 10 nitrogen and oxygen atoms in total. The van der Waals surface area contributed by atoms with Gasteiger partial charge < -0.3 is 10.8 Å². The molecule has 0 aliphatic carbocycles. The second-order valence-corrected chi connectivity index (χ2v) is 10.5. The van der Waals surface area contributed by atoms with Crippen LogP contribution in [0.3, 0.4) is 0 Å².